The van der Waals surface area contributed by atoms with E-state index in [1.165, 1.54) is 16.3 Å². The highest BCUT2D eigenvalue weighted by Gasteiger charge is 2.37. The van der Waals surface area contributed by atoms with Crippen LogP contribution in [0.3, 0.4) is 0 Å². The van der Waals surface area contributed by atoms with Crippen molar-refractivity contribution >= 4 is 28.6 Å². The maximum Gasteiger partial charge on any atom is 0.350 e. The first kappa shape index (κ1) is 15.8. The van der Waals surface area contributed by atoms with Crippen molar-refractivity contribution in [2.75, 3.05) is 30.8 Å². The highest BCUT2D eigenvalue weighted by Crippen LogP contribution is 2.41. The van der Waals surface area contributed by atoms with Crippen LogP contribution in [0.25, 0.3) is 11.0 Å². The van der Waals surface area contributed by atoms with Gasteiger partial charge in [0.25, 0.3) is 0 Å². The lowest BCUT2D eigenvalue weighted by Gasteiger charge is -2.44. The average Bonchev–Trinajstić information content (AvgIpc) is 2.67. The van der Waals surface area contributed by atoms with Crippen LogP contribution >= 0.6 is 11.8 Å². The second-order valence-corrected chi connectivity index (χ2v) is 7.79. The number of hydrogen-bond donors (Lipinski definition) is 0. The summed E-state index contributed by atoms with van der Waals surface area (Å²) in [6.07, 6.45) is 0. The smallest absolute Gasteiger partial charge is 0.347 e. The highest BCUT2D eigenvalue weighted by molar-refractivity contribution is 7.99. The van der Waals surface area contributed by atoms with E-state index in [1.807, 2.05) is 0 Å². The molecule has 2 aliphatic heterocycles. The fourth-order valence-electron chi connectivity index (χ4n) is 3.83. The standard InChI is InChI=1S/C16H20FN5OS/c1-8-5-20(3)6-10-7-24-13-11-14(18-9(2)12(13)17)21(4)16(23)19-15(11)22(8)10/h8,10H,5-7H2,1-4H3. The molecule has 24 heavy (non-hydrogen) atoms. The first-order valence-corrected chi connectivity index (χ1v) is 9.03. The number of aromatic nitrogens is 3. The van der Waals surface area contributed by atoms with Crippen molar-refractivity contribution in [1.82, 2.24) is 19.4 Å². The highest BCUT2D eigenvalue weighted by atomic mass is 32.2. The Morgan fingerprint density at radius 1 is 1.25 bits per heavy atom. The molecule has 2 unspecified atom stereocenters. The molecule has 1 fully saturated rings. The molecule has 0 saturated carbocycles. The summed E-state index contributed by atoms with van der Waals surface area (Å²) in [5.74, 6) is 1.05. The van der Waals surface area contributed by atoms with E-state index in [2.05, 4.69) is 33.7 Å². The number of anilines is 1. The number of hydrogen-bond acceptors (Lipinski definition) is 6. The van der Waals surface area contributed by atoms with Gasteiger partial charge in [-0.1, -0.05) is 0 Å². The first-order chi connectivity index (χ1) is 11.4. The minimum absolute atomic E-state index is 0.193. The second kappa shape index (κ2) is 5.42. The number of piperazine rings is 1. The Hall–Kier alpha value is -1.67. The van der Waals surface area contributed by atoms with Gasteiger partial charge in [0, 0.05) is 31.9 Å². The predicted octanol–water partition coefficient (Wildman–Crippen LogP) is 1.39. The topological polar surface area (TPSA) is 54.3 Å². The van der Waals surface area contributed by atoms with Gasteiger partial charge in [-0.25, -0.2) is 14.2 Å². The number of halogens is 1. The van der Waals surface area contributed by atoms with E-state index in [-0.39, 0.29) is 23.6 Å². The maximum absolute atomic E-state index is 14.8. The number of likely N-dealkylation sites (N-methyl/N-ethyl adjacent to an activating group) is 1. The van der Waals surface area contributed by atoms with E-state index < -0.39 is 0 Å². The van der Waals surface area contributed by atoms with Crippen molar-refractivity contribution in [3.63, 3.8) is 0 Å². The molecule has 2 aliphatic rings. The van der Waals surface area contributed by atoms with Crippen LogP contribution in [0.5, 0.6) is 0 Å². The summed E-state index contributed by atoms with van der Waals surface area (Å²) in [5, 5.41) is 0.670. The minimum Gasteiger partial charge on any atom is -0.347 e. The molecule has 2 aromatic rings. The van der Waals surface area contributed by atoms with Crippen LogP contribution in [0.1, 0.15) is 12.6 Å². The van der Waals surface area contributed by atoms with Crippen molar-refractivity contribution in [2.24, 2.45) is 7.05 Å². The van der Waals surface area contributed by atoms with Crippen molar-refractivity contribution < 1.29 is 4.39 Å². The molecule has 4 rings (SSSR count). The van der Waals surface area contributed by atoms with Gasteiger partial charge >= 0.3 is 5.69 Å². The third-order valence-electron chi connectivity index (χ3n) is 4.90. The molecule has 0 amide bonds. The van der Waals surface area contributed by atoms with Crippen molar-refractivity contribution in [3.8, 4) is 0 Å². The quantitative estimate of drug-likeness (QED) is 0.716. The summed E-state index contributed by atoms with van der Waals surface area (Å²) >= 11 is 1.51. The number of pyridine rings is 1. The van der Waals surface area contributed by atoms with Crippen LogP contribution in [-0.2, 0) is 7.05 Å². The summed E-state index contributed by atoms with van der Waals surface area (Å²) in [6, 6.07) is 0.395. The fraction of sp³-hybridized carbons (Fsp3) is 0.562. The molecule has 0 spiro atoms. The van der Waals surface area contributed by atoms with E-state index >= 15 is 0 Å². The van der Waals surface area contributed by atoms with Crippen molar-refractivity contribution in [3.05, 3.63) is 22.0 Å². The number of nitrogens with zero attached hydrogens (tertiary/aromatic N) is 5. The molecule has 1 saturated heterocycles. The van der Waals surface area contributed by atoms with Crippen LogP contribution < -0.4 is 10.6 Å². The summed E-state index contributed by atoms with van der Waals surface area (Å²) in [4.78, 5) is 26.1. The number of rotatable bonds is 0. The Kier molecular flexibility index (Phi) is 3.58. The van der Waals surface area contributed by atoms with Gasteiger partial charge in [0.2, 0.25) is 0 Å². The molecule has 0 N–H and O–H groups in total. The lowest BCUT2D eigenvalue weighted by atomic mass is 10.1. The van der Waals surface area contributed by atoms with Crippen LogP contribution in [0.15, 0.2) is 9.69 Å². The van der Waals surface area contributed by atoms with E-state index in [0.717, 1.165) is 18.8 Å². The molecular formula is C16H20FN5OS. The van der Waals surface area contributed by atoms with Gasteiger partial charge in [0.05, 0.1) is 22.0 Å². The molecule has 128 valence electrons. The first-order valence-electron chi connectivity index (χ1n) is 8.05. The third-order valence-corrected chi connectivity index (χ3v) is 6.13. The van der Waals surface area contributed by atoms with E-state index in [1.54, 1.807) is 14.0 Å². The zero-order valence-corrected chi connectivity index (χ0v) is 15.0. The Balaban J connectivity index is 2.08. The lowest BCUT2D eigenvalue weighted by Crippen LogP contribution is -2.58. The van der Waals surface area contributed by atoms with Gasteiger partial charge in [-0.05, 0) is 20.9 Å². The molecule has 2 atom stereocenters. The van der Waals surface area contributed by atoms with Gasteiger partial charge in [0.15, 0.2) is 5.82 Å². The van der Waals surface area contributed by atoms with Crippen LogP contribution in [0.2, 0.25) is 0 Å². The molecule has 8 heteroatoms. The SMILES string of the molecule is Cc1nc2c3c(nc(=O)n2C)N2C(C)CN(C)CC2CSc3c1F. The van der Waals surface area contributed by atoms with E-state index in [4.69, 9.17) is 0 Å². The number of fused-ring (bicyclic) bond motifs is 2. The van der Waals surface area contributed by atoms with Gasteiger partial charge in [0.1, 0.15) is 11.5 Å². The zero-order chi connectivity index (χ0) is 17.2. The molecule has 0 radical (unpaired) electrons. The molecule has 6 nitrogen and oxygen atoms in total. The second-order valence-electron chi connectivity index (χ2n) is 6.76. The lowest BCUT2D eigenvalue weighted by molar-refractivity contribution is 0.241. The maximum atomic E-state index is 14.8. The predicted molar refractivity (Wildman–Crippen MR) is 93.4 cm³/mol. The average molecular weight is 349 g/mol. The largest absolute Gasteiger partial charge is 0.350 e. The Labute approximate surface area is 143 Å². The summed E-state index contributed by atoms with van der Waals surface area (Å²) in [6.45, 7) is 5.53. The fourth-order valence-corrected chi connectivity index (χ4v) is 5.06. The Bertz CT molecular complexity index is 898. The Morgan fingerprint density at radius 3 is 2.75 bits per heavy atom. The van der Waals surface area contributed by atoms with Gasteiger partial charge < -0.3 is 9.80 Å². The van der Waals surface area contributed by atoms with E-state index in [0.29, 0.717) is 27.4 Å². The van der Waals surface area contributed by atoms with Crippen LogP contribution in [0.4, 0.5) is 10.2 Å². The number of aryl methyl sites for hydroxylation is 2. The molecule has 4 heterocycles. The van der Waals surface area contributed by atoms with E-state index in [9.17, 15) is 9.18 Å². The summed E-state index contributed by atoms with van der Waals surface area (Å²) < 4.78 is 16.2. The van der Waals surface area contributed by atoms with Crippen molar-refractivity contribution in [2.45, 2.75) is 30.8 Å². The van der Waals surface area contributed by atoms with Gasteiger partial charge in [-0.2, -0.15) is 4.98 Å². The molecule has 0 aliphatic carbocycles. The normalized spacial score (nSPS) is 24.1. The number of thioether (sulfide) groups is 1. The van der Waals surface area contributed by atoms with Gasteiger partial charge in [-0.3, -0.25) is 4.57 Å². The van der Waals surface area contributed by atoms with Crippen LogP contribution in [0, 0.1) is 12.7 Å². The molecule has 2 aromatic heterocycles. The Morgan fingerprint density at radius 2 is 2.00 bits per heavy atom. The molecule has 0 bridgehead atoms. The third kappa shape index (κ3) is 2.16. The van der Waals surface area contributed by atoms with Crippen LogP contribution in [-0.4, -0.2) is 57.4 Å². The monoisotopic (exact) mass is 349 g/mol. The summed E-state index contributed by atoms with van der Waals surface area (Å²) in [5.41, 5.74) is 0.485. The molecule has 0 aromatic carbocycles. The summed E-state index contributed by atoms with van der Waals surface area (Å²) in [7, 11) is 3.74. The zero-order valence-electron chi connectivity index (χ0n) is 14.2. The molecular weight excluding hydrogens is 329 g/mol. The minimum atomic E-state index is -0.348. The van der Waals surface area contributed by atoms with Crippen molar-refractivity contribution in [1.29, 1.82) is 0 Å². The van der Waals surface area contributed by atoms with Gasteiger partial charge in [-0.15, -0.1) is 11.8 Å².